The molecule has 5 N–H and O–H groups in total. The van der Waals surface area contributed by atoms with Crippen LogP contribution in [0.3, 0.4) is 0 Å². The summed E-state index contributed by atoms with van der Waals surface area (Å²) < 4.78 is 24.1. The first-order valence-electron chi connectivity index (χ1n) is 25.4. The van der Waals surface area contributed by atoms with E-state index in [2.05, 4.69) is 26.3 Å². The zero-order valence-corrected chi connectivity index (χ0v) is 46.3. The highest BCUT2D eigenvalue weighted by molar-refractivity contribution is 14.1. The maximum atomic E-state index is 14.3. The van der Waals surface area contributed by atoms with Crippen LogP contribution in [0.25, 0.3) is 0 Å². The van der Waals surface area contributed by atoms with E-state index in [0.717, 1.165) is 27.2 Å². The minimum atomic E-state index is -1.53. The number of amides is 7. The van der Waals surface area contributed by atoms with Gasteiger partial charge in [0.05, 0.1) is 71.9 Å². The maximum absolute atomic E-state index is 14.3. The predicted octanol–water partition coefficient (Wildman–Crippen LogP) is 6.20. The molecule has 7 rings (SSSR count). The van der Waals surface area contributed by atoms with Crippen molar-refractivity contribution in [1.29, 1.82) is 0 Å². The van der Waals surface area contributed by atoms with E-state index >= 15 is 0 Å². The van der Waals surface area contributed by atoms with Gasteiger partial charge in [0.2, 0.25) is 23.6 Å². The van der Waals surface area contributed by atoms with Crippen LogP contribution in [0.5, 0.6) is 17.2 Å². The lowest BCUT2D eigenvalue weighted by Gasteiger charge is -2.31. The Balaban J connectivity index is 0.982. The highest BCUT2D eigenvalue weighted by atomic mass is 127. The van der Waals surface area contributed by atoms with Gasteiger partial charge in [-0.15, -0.1) is 0 Å². The third kappa shape index (κ3) is 13.8. The predicted molar refractivity (Wildman–Crippen MR) is 296 cm³/mol. The Morgan fingerprint density at radius 3 is 2.17 bits per heavy atom. The highest BCUT2D eigenvalue weighted by Gasteiger charge is 2.45. The molecule has 77 heavy (non-hydrogen) atoms. The number of alkyl halides is 1. The quantitative estimate of drug-likeness (QED) is 0.0453. The summed E-state index contributed by atoms with van der Waals surface area (Å²) in [5.74, 6) is -2.13. The number of allylic oxidation sites excluding steroid dienone is 4. The molecule has 1 unspecified atom stereocenters. The van der Waals surface area contributed by atoms with Gasteiger partial charge < -0.3 is 49.8 Å². The van der Waals surface area contributed by atoms with Crippen molar-refractivity contribution < 1.29 is 57.6 Å². The van der Waals surface area contributed by atoms with Crippen LogP contribution in [-0.4, -0.2) is 124 Å². The number of carbonyl (C=O) groups is 7. The Labute approximate surface area is 461 Å². The molecule has 4 aliphatic heterocycles. The Morgan fingerprint density at radius 1 is 0.831 bits per heavy atom. The number of methoxy groups -OCH3 is 1. The average Bonchev–Trinajstić information content (AvgIpc) is 4.09. The van der Waals surface area contributed by atoms with Gasteiger partial charge in [0, 0.05) is 43.7 Å². The number of aliphatic hydroxyl groups is 1. The van der Waals surface area contributed by atoms with Crippen LogP contribution in [0.2, 0.25) is 0 Å². The molecule has 4 aliphatic rings. The van der Waals surface area contributed by atoms with E-state index in [1.165, 1.54) is 24.1 Å². The summed E-state index contributed by atoms with van der Waals surface area (Å²) in [4.78, 5) is 101. The molecule has 0 bridgehead atoms. The van der Waals surface area contributed by atoms with Crippen molar-refractivity contribution in [1.82, 2.24) is 31.1 Å². The number of ether oxygens (including phenoxy) is 4. The van der Waals surface area contributed by atoms with Crippen LogP contribution in [0, 0.1) is 12.8 Å². The number of nitrogens with zero attached hydrogens (tertiary/aromatic N) is 4. The number of hydrogen-bond donors (Lipinski definition) is 5. The molecule has 20 nitrogen and oxygen atoms in total. The molecule has 0 spiro atoms. The van der Waals surface area contributed by atoms with Gasteiger partial charge in [0.1, 0.15) is 18.4 Å². The van der Waals surface area contributed by atoms with Crippen molar-refractivity contribution in [2.24, 2.45) is 10.9 Å². The van der Waals surface area contributed by atoms with Crippen LogP contribution in [0.15, 0.2) is 101 Å². The summed E-state index contributed by atoms with van der Waals surface area (Å²) in [5, 5.41) is 22.5. The Hall–Kier alpha value is -7.37. The Kier molecular flexibility index (Phi) is 19.4. The van der Waals surface area contributed by atoms with E-state index in [9.17, 15) is 38.7 Å². The molecule has 7 amide bonds. The standard InChI is InChI=1S/C56H65IN8O12/c1-8-11-37-20-39-27-59-42-23-45(33(5)19-40(42)53(70)63(39)29-37)75-17-10-18-76-47-24-43-41(22-46(47)74-7)54(71)64-30-38(12-9-2)21-44(64)55(72)65(43)56(73)77-31-36-15-13-35(14-16-36)26-58-34(6)51(68)62-50(32(3)4)52(69)61-49(67)28-60-48(66)25-57/h8-9,11-16,19,22-24,27,29-30,32,34,39,44,50,55,58,72H,10,17-18,20-21,25-26,28,31H2,1-7H3,(H,60,66)(H,62,68)(H,61,67,69)/b11-8+,12-9+/t34?,39-,44-,50-,55-/m0/s1. The lowest BCUT2D eigenvalue weighted by atomic mass is 10.0. The van der Waals surface area contributed by atoms with Crippen molar-refractivity contribution in [2.45, 2.75) is 104 Å². The van der Waals surface area contributed by atoms with Gasteiger partial charge >= 0.3 is 6.09 Å². The number of aliphatic imine (C=N–C) groups is 1. The highest BCUT2D eigenvalue weighted by Crippen LogP contribution is 2.42. The van der Waals surface area contributed by atoms with E-state index in [0.29, 0.717) is 35.4 Å². The first kappa shape index (κ1) is 57.3. The van der Waals surface area contributed by atoms with Crippen LogP contribution >= 0.6 is 22.6 Å². The molecule has 408 valence electrons. The molecule has 0 radical (unpaired) electrons. The fourth-order valence-corrected chi connectivity index (χ4v) is 9.37. The number of fused-ring (bicyclic) bond motifs is 4. The SMILES string of the molecule is C/C=C/C1=CN2C(=O)c3cc(C)c(OCCCOc4cc5c(cc4OC)C(=O)N4C=C(/C=C/C)C[C@H]4[C@H](O)N5C(=O)OCc4ccc(CNC(C)C(=O)N[C@H](C(=O)NC(=O)CNC(=O)CI)C(C)C)cc4)cc3N=C[C@@H]2C1. The maximum Gasteiger partial charge on any atom is 0.416 e. The Bertz CT molecular complexity index is 2920. The molecule has 3 aromatic rings. The number of benzene rings is 3. The van der Waals surface area contributed by atoms with Gasteiger partial charge in [-0.25, -0.2) is 9.69 Å². The summed E-state index contributed by atoms with van der Waals surface area (Å²) in [7, 11) is 1.44. The van der Waals surface area contributed by atoms with Crippen molar-refractivity contribution >= 4 is 81.7 Å². The summed E-state index contributed by atoms with van der Waals surface area (Å²) in [6.45, 7) is 10.8. The summed E-state index contributed by atoms with van der Waals surface area (Å²) in [6.07, 6.45) is 11.9. The van der Waals surface area contributed by atoms with Gasteiger partial charge in [-0.2, -0.15) is 0 Å². The molecule has 0 saturated heterocycles. The summed E-state index contributed by atoms with van der Waals surface area (Å²) >= 11 is 1.85. The summed E-state index contributed by atoms with van der Waals surface area (Å²) in [5.41, 5.74) is 5.18. The number of aryl methyl sites for hydroxylation is 1. The summed E-state index contributed by atoms with van der Waals surface area (Å²) in [6, 6.07) is 10.9. The van der Waals surface area contributed by atoms with Crippen LogP contribution in [-0.2, 0) is 37.1 Å². The number of halogens is 1. The number of carbonyl (C=O) groups excluding carboxylic acids is 7. The van der Waals surface area contributed by atoms with E-state index in [1.54, 1.807) is 74.5 Å². The van der Waals surface area contributed by atoms with E-state index in [1.807, 2.05) is 73.9 Å². The van der Waals surface area contributed by atoms with Gasteiger partial charge in [-0.1, -0.05) is 85.0 Å². The van der Waals surface area contributed by atoms with E-state index in [4.69, 9.17) is 18.9 Å². The van der Waals surface area contributed by atoms with E-state index < -0.39 is 54.1 Å². The molecule has 0 aromatic heterocycles. The lowest BCUT2D eigenvalue weighted by molar-refractivity contribution is -0.135. The number of nitrogens with one attached hydrogen (secondary N) is 4. The first-order valence-corrected chi connectivity index (χ1v) is 26.9. The average molecular weight is 1170 g/mol. The van der Waals surface area contributed by atoms with Gasteiger partial charge in [-0.3, -0.25) is 39.1 Å². The number of hydrogen-bond acceptors (Lipinski definition) is 14. The second-order valence-electron chi connectivity index (χ2n) is 19.2. The first-order chi connectivity index (χ1) is 36.9. The topological polar surface area (TPSA) is 247 Å². The number of imide groups is 1. The van der Waals surface area contributed by atoms with Crippen molar-refractivity contribution in [2.75, 3.05) is 36.2 Å². The van der Waals surface area contributed by atoms with Crippen LogP contribution in [0.4, 0.5) is 16.2 Å². The monoisotopic (exact) mass is 1170 g/mol. The minimum Gasteiger partial charge on any atom is -0.493 e. The molecule has 4 heterocycles. The number of rotatable bonds is 21. The molecule has 0 aliphatic carbocycles. The Morgan fingerprint density at radius 2 is 1.49 bits per heavy atom. The zero-order chi connectivity index (χ0) is 55.5. The van der Waals surface area contributed by atoms with Crippen molar-refractivity contribution in [3.05, 3.63) is 124 Å². The largest absolute Gasteiger partial charge is 0.493 e. The fraction of sp³-hybridized carbons (Fsp3) is 0.393. The molecular formula is C56H65IN8O12. The van der Waals surface area contributed by atoms with Crippen LogP contribution < -0.4 is 40.4 Å². The van der Waals surface area contributed by atoms with Gasteiger partial charge in [-0.05, 0) is 86.4 Å². The van der Waals surface area contributed by atoms with Gasteiger partial charge in [0.15, 0.2) is 17.7 Å². The van der Waals surface area contributed by atoms with Crippen molar-refractivity contribution in [3.8, 4) is 17.2 Å². The van der Waals surface area contributed by atoms with Crippen molar-refractivity contribution in [3.63, 3.8) is 0 Å². The smallest absolute Gasteiger partial charge is 0.416 e. The van der Waals surface area contributed by atoms with E-state index in [-0.39, 0.29) is 90.3 Å². The molecule has 0 saturated carbocycles. The van der Waals surface area contributed by atoms with Crippen LogP contribution in [0.1, 0.15) is 91.3 Å². The molecular weight excluding hydrogens is 1100 g/mol. The zero-order valence-electron chi connectivity index (χ0n) is 44.1. The second-order valence-corrected chi connectivity index (χ2v) is 19.9. The molecule has 5 atom stereocenters. The molecule has 21 heteroatoms. The molecule has 3 aromatic carbocycles. The second kappa shape index (κ2) is 26.1. The van der Waals surface area contributed by atoms with Gasteiger partial charge in [0.25, 0.3) is 11.8 Å². The third-order valence-electron chi connectivity index (χ3n) is 13.2. The lowest BCUT2D eigenvalue weighted by Crippen LogP contribution is -2.55. The fourth-order valence-electron chi connectivity index (χ4n) is 9.10. The normalized spacial score (nSPS) is 18.4. The minimum absolute atomic E-state index is 0.0604. The number of aliphatic hydroxyl groups excluding tert-OH is 1. The number of anilines is 1. The third-order valence-corrected chi connectivity index (χ3v) is 13.9. The molecule has 0 fully saturated rings.